The molecular formula is C17H27BrN2. The molecule has 0 bridgehead atoms. The van der Waals surface area contributed by atoms with Crippen LogP contribution >= 0.6 is 15.9 Å². The minimum atomic E-state index is 0.476. The highest BCUT2D eigenvalue weighted by Crippen LogP contribution is 2.40. The van der Waals surface area contributed by atoms with Gasteiger partial charge in [-0.3, -0.25) is 4.68 Å². The summed E-state index contributed by atoms with van der Waals surface area (Å²) >= 11 is 3.77. The van der Waals surface area contributed by atoms with Gasteiger partial charge in [-0.2, -0.15) is 5.10 Å². The minimum Gasteiger partial charge on any atom is -0.269 e. The van der Waals surface area contributed by atoms with E-state index in [2.05, 4.69) is 32.9 Å². The lowest BCUT2D eigenvalue weighted by Gasteiger charge is -2.35. The van der Waals surface area contributed by atoms with Gasteiger partial charge in [-0.1, -0.05) is 54.5 Å². The summed E-state index contributed by atoms with van der Waals surface area (Å²) < 4.78 is 2.26. The second kappa shape index (κ2) is 6.64. The number of alkyl halides is 1. The standard InChI is InChI=1S/C17H27BrN2/c18-14-17(10-5-2-6-11-17)13-15-9-12-20(19-15)16-7-3-1-4-8-16/h9,12,16H,1-8,10-11,13-14H2. The first kappa shape index (κ1) is 14.6. The zero-order chi connectivity index (χ0) is 13.8. The van der Waals surface area contributed by atoms with Crippen LogP contribution in [0.4, 0.5) is 0 Å². The molecule has 0 spiro atoms. The molecule has 0 atom stereocenters. The second-order valence-corrected chi connectivity index (χ2v) is 7.51. The van der Waals surface area contributed by atoms with Crippen molar-refractivity contribution in [2.45, 2.75) is 76.7 Å². The van der Waals surface area contributed by atoms with Crippen LogP contribution in [-0.2, 0) is 6.42 Å². The molecule has 0 saturated heterocycles. The third-order valence-corrected chi connectivity index (χ3v) is 6.56. The van der Waals surface area contributed by atoms with Crippen LogP contribution in [-0.4, -0.2) is 15.1 Å². The van der Waals surface area contributed by atoms with Gasteiger partial charge in [0.1, 0.15) is 0 Å². The number of hydrogen-bond acceptors (Lipinski definition) is 1. The van der Waals surface area contributed by atoms with Crippen LogP contribution in [0.3, 0.4) is 0 Å². The maximum Gasteiger partial charge on any atom is 0.0630 e. The third-order valence-electron chi connectivity index (χ3n) is 5.37. The quantitative estimate of drug-likeness (QED) is 0.683. The smallest absolute Gasteiger partial charge is 0.0630 e. The van der Waals surface area contributed by atoms with Crippen LogP contribution < -0.4 is 0 Å². The average molecular weight is 339 g/mol. The van der Waals surface area contributed by atoms with Crippen molar-refractivity contribution in [1.29, 1.82) is 0 Å². The first-order chi connectivity index (χ1) is 9.81. The molecule has 0 aromatic carbocycles. The molecule has 2 nitrogen and oxygen atoms in total. The van der Waals surface area contributed by atoms with Gasteiger partial charge in [0.2, 0.25) is 0 Å². The molecule has 0 N–H and O–H groups in total. The summed E-state index contributed by atoms with van der Waals surface area (Å²) in [5.41, 5.74) is 1.79. The molecular weight excluding hydrogens is 312 g/mol. The molecule has 2 aliphatic carbocycles. The van der Waals surface area contributed by atoms with Gasteiger partial charge in [0.05, 0.1) is 11.7 Å². The van der Waals surface area contributed by atoms with Crippen molar-refractivity contribution < 1.29 is 0 Å². The van der Waals surface area contributed by atoms with E-state index < -0.39 is 0 Å². The van der Waals surface area contributed by atoms with Gasteiger partial charge >= 0.3 is 0 Å². The normalized spacial score (nSPS) is 23.9. The first-order valence-corrected chi connectivity index (χ1v) is 9.54. The summed E-state index contributed by atoms with van der Waals surface area (Å²) in [7, 11) is 0. The maximum absolute atomic E-state index is 4.92. The van der Waals surface area contributed by atoms with E-state index in [9.17, 15) is 0 Å². The van der Waals surface area contributed by atoms with Gasteiger partial charge in [-0.25, -0.2) is 0 Å². The average Bonchev–Trinajstić information content (AvgIpc) is 2.97. The second-order valence-electron chi connectivity index (χ2n) is 6.95. The Kier molecular flexibility index (Phi) is 4.85. The minimum absolute atomic E-state index is 0.476. The van der Waals surface area contributed by atoms with Gasteiger partial charge in [-0.15, -0.1) is 0 Å². The lowest BCUT2D eigenvalue weighted by molar-refractivity contribution is 0.220. The van der Waals surface area contributed by atoms with Crippen molar-refractivity contribution in [2.24, 2.45) is 5.41 Å². The summed E-state index contributed by atoms with van der Waals surface area (Å²) in [6, 6.07) is 2.94. The Hall–Kier alpha value is -0.310. The molecule has 20 heavy (non-hydrogen) atoms. The highest BCUT2D eigenvalue weighted by Gasteiger charge is 2.32. The van der Waals surface area contributed by atoms with Crippen LogP contribution in [0.5, 0.6) is 0 Å². The van der Waals surface area contributed by atoms with Crippen LogP contribution in [0.15, 0.2) is 12.3 Å². The number of rotatable bonds is 4. The van der Waals surface area contributed by atoms with Crippen molar-refractivity contribution in [2.75, 3.05) is 5.33 Å². The van der Waals surface area contributed by atoms with E-state index >= 15 is 0 Å². The molecule has 112 valence electrons. The fraction of sp³-hybridized carbons (Fsp3) is 0.824. The number of hydrogen-bond donors (Lipinski definition) is 0. The SMILES string of the molecule is BrCC1(Cc2ccn(C3CCCCC3)n2)CCCCC1. The van der Waals surface area contributed by atoms with Crippen molar-refractivity contribution in [3.63, 3.8) is 0 Å². The van der Waals surface area contributed by atoms with Crippen LogP contribution in [0.25, 0.3) is 0 Å². The summed E-state index contributed by atoms with van der Waals surface area (Å²) in [6.45, 7) is 0. The third kappa shape index (κ3) is 3.29. The number of aromatic nitrogens is 2. The van der Waals surface area contributed by atoms with Gasteiger partial charge in [0, 0.05) is 11.5 Å². The van der Waals surface area contributed by atoms with Crippen LogP contribution in [0, 0.1) is 5.41 Å². The summed E-state index contributed by atoms with van der Waals surface area (Å²) in [5.74, 6) is 0. The summed E-state index contributed by atoms with van der Waals surface area (Å²) in [5, 5.41) is 6.05. The Morgan fingerprint density at radius 2 is 1.80 bits per heavy atom. The lowest BCUT2D eigenvalue weighted by atomic mass is 9.73. The molecule has 3 rings (SSSR count). The monoisotopic (exact) mass is 338 g/mol. The van der Waals surface area contributed by atoms with Crippen molar-refractivity contribution in [1.82, 2.24) is 9.78 Å². The lowest BCUT2D eigenvalue weighted by Crippen LogP contribution is -2.28. The van der Waals surface area contributed by atoms with Crippen LogP contribution in [0.1, 0.15) is 75.9 Å². The fourth-order valence-corrected chi connectivity index (χ4v) is 4.82. The van der Waals surface area contributed by atoms with Gasteiger partial charge < -0.3 is 0 Å². The van der Waals surface area contributed by atoms with Gasteiger partial charge in [0.25, 0.3) is 0 Å². The Morgan fingerprint density at radius 1 is 1.10 bits per heavy atom. The highest BCUT2D eigenvalue weighted by molar-refractivity contribution is 9.09. The van der Waals surface area contributed by atoms with E-state index in [0.29, 0.717) is 11.5 Å². The van der Waals surface area contributed by atoms with E-state index in [4.69, 9.17) is 5.10 Å². The van der Waals surface area contributed by atoms with E-state index in [1.807, 2.05) is 0 Å². The maximum atomic E-state index is 4.92. The van der Waals surface area contributed by atoms with Gasteiger partial charge in [-0.05, 0) is 43.6 Å². The topological polar surface area (TPSA) is 17.8 Å². The van der Waals surface area contributed by atoms with Crippen LogP contribution in [0.2, 0.25) is 0 Å². The van der Waals surface area contributed by atoms with E-state index in [-0.39, 0.29) is 0 Å². The first-order valence-electron chi connectivity index (χ1n) is 8.41. The summed E-state index contributed by atoms with van der Waals surface area (Å²) in [6.07, 6.45) is 17.2. The molecule has 1 heterocycles. The molecule has 2 fully saturated rings. The zero-order valence-electron chi connectivity index (χ0n) is 12.5. The predicted octanol–water partition coefficient (Wildman–Crippen LogP) is 5.28. The highest BCUT2D eigenvalue weighted by atomic mass is 79.9. The molecule has 0 amide bonds. The van der Waals surface area contributed by atoms with Crippen molar-refractivity contribution >= 4 is 15.9 Å². The van der Waals surface area contributed by atoms with Crippen molar-refractivity contribution in [3.05, 3.63) is 18.0 Å². The molecule has 0 unspecified atom stereocenters. The van der Waals surface area contributed by atoms with E-state index in [1.54, 1.807) is 0 Å². The fourth-order valence-electron chi connectivity index (χ4n) is 4.06. The largest absolute Gasteiger partial charge is 0.269 e. The molecule has 1 aromatic heterocycles. The van der Waals surface area contributed by atoms with E-state index in [1.165, 1.54) is 69.9 Å². The molecule has 2 saturated carbocycles. The molecule has 3 heteroatoms. The van der Waals surface area contributed by atoms with Crippen molar-refractivity contribution in [3.8, 4) is 0 Å². The Balaban J connectivity index is 1.66. The Morgan fingerprint density at radius 3 is 2.50 bits per heavy atom. The molecule has 0 aliphatic heterocycles. The molecule has 0 radical (unpaired) electrons. The van der Waals surface area contributed by atoms with Gasteiger partial charge in [0.15, 0.2) is 0 Å². The zero-order valence-corrected chi connectivity index (χ0v) is 14.1. The molecule has 1 aromatic rings. The Bertz CT molecular complexity index is 414. The van der Waals surface area contributed by atoms with E-state index in [0.717, 1.165) is 11.8 Å². The molecule has 2 aliphatic rings. The summed E-state index contributed by atoms with van der Waals surface area (Å²) in [4.78, 5) is 0. The Labute approximate surface area is 131 Å². The predicted molar refractivity (Wildman–Crippen MR) is 87.4 cm³/mol. The number of nitrogens with zero attached hydrogens (tertiary/aromatic N) is 2. The number of halogens is 1.